The van der Waals surface area contributed by atoms with Crippen molar-refractivity contribution < 1.29 is 18.0 Å². The Kier molecular flexibility index (Phi) is 5.20. The van der Waals surface area contributed by atoms with Crippen LogP contribution in [0.15, 0.2) is 67.4 Å². The van der Waals surface area contributed by atoms with Gasteiger partial charge >= 0.3 is 6.18 Å². The SMILES string of the molecule is Cc1ccc(C(=O)Nc2cccc(C(F)(F)F)c2)cc1-n1cc(-c2cnc3c(N)ncnn23)cn1. The van der Waals surface area contributed by atoms with E-state index < -0.39 is 17.6 Å². The fourth-order valence-electron chi connectivity index (χ4n) is 3.59. The highest BCUT2D eigenvalue weighted by molar-refractivity contribution is 6.04. The molecule has 2 aromatic carbocycles. The number of hydrogen-bond donors (Lipinski definition) is 2. The molecule has 0 unspecified atom stereocenters. The summed E-state index contributed by atoms with van der Waals surface area (Å²) in [6.45, 7) is 1.85. The van der Waals surface area contributed by atoms with Crippen molar-refractivity contribution in [3.8, 4) is 16.9 Å². The first-order valence-corrected chi connectivity index (χ1v) is 10.3. The molecule has 0 spiro atoms. The molecule has 0 atom stereocenters. The summed E-state index contributed by atoms with van der Waals surface area (Å²) < 4.78 is 42.1. The van der Waals surface area contributed by atoms with Crippen molar-refractivity contribution in [2.75, 3.05) is 11.1 Å². The van der Waals surface area contributed by atoms with Crippen LogP contribution in [0.2, 0.25) is 0 Å². The van der Waals surface area contributed by atoms with Crippen LogP contribution in [0.25, 0.3) is 22.6 Å². The standard InChI is InChI=1S/C23H17F3N8O/c1-13-5-6-14(22(35)32-17-4-2-3-16(8-17)23(24,25)26)7-18(13)33-11-15(9-30-33)19-10-28-21-20(27)29-12-31-34(19)21/h2-12H,1H3,(H,32,35)(H2,27,29,31). The van der Waals surface area contributed by atoms with Crippen molar-refractivity contribution in [1.82, 2.24) is 29.4 Å². The number of fused-ring (bicyclic) bond motifs is 1. The van der Waals surface area contributed by atoms with Crippen LogP contribution in [0.4, 0.5) is 24.7 Å². The number of nitrogen functional groups attached to an aromatic ring is 1. The molecule has 5 aromatic rings. The molecule has 0 radical (unpaired) electrons. The van der Waals surface area contributed by atoms with Crippen LogP contribution in [-0.4, -0.2) is 35.3 Å². The fraction of sp³-hybridized carbons (Fsp3) is 0.0870. The molecule has 0 saturated heterocycles. The van der Waals surface area contributed by atoms with E-state index >= 15 is 0 Å². The monoisotopic (exact) mass is 478 g/mol. The van der Waals surface area contributed by atoms with Crippen LogP contribution >= 0.6 is 0 Å². The van der Waals surface area contributed by atoms with Gasteiger partial charge in [0.1, 0.15) is 6.33 Å². The summed E-state index contributed by atoms with van der Waals surface area (Å²) in [5.74, 6) is -0.305. The van der Waals surface area contributed by atoms with Crippen molar-refractivity contribution in [1.29, 1.82) is 0 Å². The number of hydrogen-bond acceptors (Lipinski definition) is 6. The number of nitrogens with zero attached hydrogens (tertiary/aromatic N) is 6. The minimum absolute atomic E-state index is 0.0437. The van der Waals surface area contributed by atoms with Gasteiger partial charge in [0.25, 0.3) is 5.91 Å². The highest BCUT2D eigenvalue weighted by atomic mass is 19.4. The highest BCUT2D eigenvalue weighted by Gasteiger charge is 2.30. The second-order valence-corrected chi connectivity index (χ2v) is 7.73. The Morgan fingerprint density at radius 2 is 1.89 bits per heavy atom. The number of aryl methyl sites for hydroxylation is 1. The average Bonchev–Trinajstić information content (AvgIpc) is 3.47. The third-order valence-corrected chi connectivity index (χ3v) is 5.38. The van der Waals surface area contributed by atoms with Gasteiger partial charge in [0.15, 0.2) is 11.5 Å². The van der Waals surface area contributed by atoms with Gasteiger partial charge in [0, 0.05) is 23.0 Å². The Morgan fingerprint density at radius 3 is 2.69 bits per heavy atom. The van der Waals surface area contributed by atoms with Gasteiger partial charge in [-0.1, -0.05) is 12.1 Å². The number of nitrogens with one attached hydrogen (secondary N) is 1. The van der Waals surface area contributed by atoms with Gasteiger partial charge in [-0.15, -0.1) is 0 Å². The molecule has 35 heavy (non-hydrogen) atoms. The molecule has 12 heteroatoms. The van der Waals surface area contributed by atoms with E-state index in [-0.39, 0.29) is 17.1 Å². The maximum absolute atomic E-state index is 13.0. The van der Waals surface area contributed by atoms with Crippen LogP contribution in [0, 0.1) is 6.92 Å². The summed E-state index contributed by atoms with van der Waals surface area (Å²) in [5.41, 5.74) is 8.53. The van der Waals surface area contributed by atoms with E-state index in [4.69, 9.17) is 5.73 Å². The summed E-state index contributed by atoms with van der Waals surface area (Å²) >= 11 is 0. The third kappa shape index (κ3) is 4.16. The summed E-state index contributed by atoms with van der Waals surface area (Å²) in [6.07, 6.45) is 1.80. The highest BCUT2D eigenvalue weighted by Crippen LogP contribution is 2.31. The zero-order chi connectivity index (χ0) is 24.7. The van der Waals surface area contributed by atoms with Gasteiger partial charge in [-0.3, -0.25) is 4.79 Å². The zero-order valence-corrected chi connectivity index (χ0v) is 18.2. The van der Waals surface area contributed by atoms with Crippen molar-refractivity contribution in [3.63, 3.8) is 0 Å². The molecule has 0 aliphatic carbocycles. The van der Waals surface area contributed by atoms with Crippen LogP contribution < -0.4 is 11.1 Å². The smallest absolute Gasteiger partial charge is 0.381 e. The van der Waals surface area contributed by atoms with E-state index in [2.05, 4.69) is 25.5 Å². The van der Waals surface area contributed by atoms with E-state index in [9.17, 15) is 18.0 Å². The quantitative estimate of drug-likeness (QED) is 0.401. The third-order valence-electron chi connectivity index (χ3n) is 5.38. The second-order valence-electron chi connectivity index (χ2n) is 7.73. The van der Waals surface area contributed by atoms with Crippen molar-refractivity contribution in [2.45, 2.75) is 13.1 Å². The lowest BCUT2D eigenvalue weighted by Gasteiger charge is -2.11. The van der Waals surface area contributed by atoms with Crippen LogP contribution in [-0.2, 0) is 6.18 Å². The van der Waals surface area contributed by atoms with Crippen molar-refractivity contribution in [3.05, 3.63) is 84.1 Å². The molecule has 0 saturated carbocycles. The Balaban J connectivity index is 1.44. The van der Waals surface area contributed by atoms with Crippen LogP contribution in [0.1, 0.15) is 21.5 Å². The summed E-state index contributed by atoms with van der Waals surface area (Å²) in [4.78, 5) is 20.9. The number of rotatable bonds is 4. The van der Waals surface area contributed by atoms with Crippen LogP contribution in [0.3, 0.4) is 0 Å². The normalized spacial score (nSPS) is 11.7. The van der Waals surface area contributed by atoms with Gasteiger partial charge in [-0.2, -0.15) is 23.4 Å². The predicted molar refractivity (Wildman–Crippen MR) is 122 cm³/mol. The predicted octanol–water partition coefficient (Wildman–Crippen LogP) is 4.14. The molecule has 3 N–H and O–H groups in total. The van der Waals surface area contributed by atoms with E-state index in [1.807, 2.05) is 6.92 Å². The Hall–Kier alpha value is -4.74. The number of carbonyl (C=O) groups excluding carboxylic acids is 1. The Bertz CT molecular complexity index is 1570. The van der Waals surface area contributed by atoms with Gasteiger partial charge in [0.2, 0.25) is 0 Å². The van der Waals surface area contributed by atoms with Gasteiger partial charge in [-0.25, -0.2) is 19.2 Å². The Labute approximate surface area is 196 Å². The lowest BCUT2D eigenvalue weighted by Crippen LogP contribution is -2.14. The topological polar surface area (TPSA) is 116 Å². The molecule has 3 aromatic heterocycles. The lowest BCUT2D eigenvalue weighted by atomic mass is 10.1. The summed E-state index contributed by atoms with van der Waals surface area (Å²) in [6, 6.07) is 9.41. The molecule has 9 nitrogen and oxygen atoms in total. The summed E-state index contributed by atoms with van der Waals surface area (Å²) in [7, 11) is 0. The maximum Gasteiger partial charge on any atom is 0.416 e. The van der Waals surface area contributed by atoms with Crippen molar-refractivity contribution >= 4 is 23.1 Å². The molecule has 5 rings (SSSR count). The number of nitrogens with two attached hydrogens (primary N) is 1. The molecular weight excluding hydrogens is 461 g/mol. The fourth-order valence-corrected chi connectivity index (χ4v) is 3.59. The molecule has 176 valence electrons. The van der Waals surface area contributed by atoms with Crippen molar-refractivity contribution in [2.24, 2.45) is 0 Å². The number of aromatic nitrogens is 6. The van der Waals surface area contributed by atoms with Gasteiger partial charge < -0.3 is 11.1 Å². The summed E-state index contributed by atoms with van der Waals surface area (Å²) in [5, 5.41) is 11.1. The van der Waals surface area contributed by atoms with Gasteiger partial charge in [-0.05, 0) is 42.8 Å². The first kappa shape index (κ1) is 22.1. The van der Waals surface area contributed by atoms with E-state index in [0.717, 1.165) is 17.7 Å². The first-order valence-electron chi connectivity index (χ1n) is 10.3. The largest absolute Gasteiger partial charge is 0.416 e. The number of halogens is 3. The molecule has 3 heterocycles. The number of imidazole rings is 1. The van der Waals surface area contributed by atoms with E-state index in [1.54, 1.807) is 46.0 Å². The number of anilines is 2. The zero-order valence-electron chi connectivity index (χ0n) is 18.2. The first-order chi connectivity index (χ1) is 16.7. The minimum atomic E-state index is -4.51. The van der Waals surface area contributed by atoms with Crippen LogP contribution in [0.5, 0.6) is 0 Å². The van der Waals surface area contributed by atoms with Gasteiger partial charge in [0.05, 0.1) is 29.3 Å². The molecule has 0 aliphatic rings. The molecular formula is C23H17F3N8O. The average molecular weight is 478 g/mol. The second kappa shape index (κ2) is 8.24. The molecule has 0 fully saturated rings. The lowest BCUT2D eigenvalue weighted by molar-refractivity contribution is -0.137. The Morgan fingerprint density at radius 1 is 1.06 bits per heavy atom. The number of benzene rings is 2. The molecule has 0 aliphatic heterocycles. The molecule has 0 bridgehead atoms. The van der Waals surface area contributed by atoms with E-state index in [1.165, 1.54) is 18.5 Å². The minimum Gasteiger partial charge on any atom is -0.381 e. The number of alkyl halides is 3. The number of carbonyl (C=O) groups is 1. The molecule has 1 amide bonds. The number of amides is 1. The maximum atomic E-state index is 13.0. The van der Waals surface area contributed by atoms with E-state index in [0.29, 0.717) is 22.6 Å².